The van der Waals surface area contributed by atoms with Crippen LogP contribution >= 0.6 is 23.2 Å². The van der Waals surface area contributed by atoms with Crippen LogP contribution in [0.2, 0.25) is 10.0 Å². The molecule has 66 heavy (non-hydrogen) atoms. The first-order chi connectivity index (χ1) is 30.1. The summed E-state index contributed by atoms with van der Waals surface area (Å²) in [5.74, 6) is 1.52. The van der Waals surface area contributed by atoms with Gasteiger partial charge < -0.3 is 42.2 Å². The number of ether oxygens (including phenoxy) is 2. The molecule has 6 aromatic rings. The van der Waals surface area contributed by atoms with E-state index in [1.165, 1.54) is 37.6 Å². The second-order valence-corrected chi connectivity index (χ2v) is 13.9. The highest BCUT2D eigenvalue weighted by molar-refractivity contribution is 6.31. The van der Waals surface area contributed by atoms with E-state index in [4.69, 9.17) is 44.1 Å². The van der Waals surface area contributed by atoms with Crippen molar-refractivity contribution in [3.63, 3.8) is 0 Å². The van der Waals surface area contributed by atoms with E-state index < -0.39 is 34.5 Å². The molecule has 2 aromatic heterocycles. The third kappa shape index (κ3) is 16.1. The van der Waals surface area contributed by atoms with Gasteiger partial charge in [0.05, 0.1) is 21.2 Å². The Morgan fingerprint density at radius 3 is 1.39 bits per heavy atom. The Morgan fingerprint density at radius 1 is 0.561 bits per heavy atom. The maximum atomic E-state index is 13.0. The van der Waals surface area contributed by atoms with Gasteiger partial charge in [-0.15, -0.1) is 0 Å². The van der Waals surface area contributed by atoms with Crippen LogP contribution in [0.1, 0.15) is 58.1 Å². The molecule has 352 valence electrons. The largest absolute Gasteiger partial charge is 0.457 e. The van der Waals surface area contributed by atoms with Crippen LogP contribution in [0.3, 0.4) is 0 Å². The van der Waals surface area contributed by atoms with Gasteiger partial charge >= 0.3 is 18.4 Å². The van der Waals surface area contributed by atoms with Gasteiger partial charge in [-0.05, 0) is 110 Å². The lowest BCUT2D eigenvalue weighted by Crippen LogP contribution is -2.20. The number of anilines is 4. The lowest BCUT2D eigenvalue weighted by atomic mass is 10.2. The number of nitrogens with one attached hydrogen (secondary N) is 4. The molecule has 0 aliphatic rings. The molecule has 4 aromatic carbocycles. The molecule has 2 heterocycles. The Hall–Kier alpha value is -7.25. The number of alkyl halides is 6. The standard InChI is InChI=1S/C22H18ClF3N4O3.C14H15N3O2.C7H5ClF3N.2CH4/c1-12-9-13(4-6-19(12)33-15-7-8-28-18(11-15)20(31)27-2)29-21(32)30-14-3-5-17(23)16(10-14)22(24,25)26;1-9-7-10(15)3-4-13(9)19-11-5-6-17-12(8-11)14(18)16-2;8-6-2-1-4(12)3-5(6)7(9,10)11;;/h3-11H,1-2H3,(H,27,31)(H2,29,30,32);3-8H,15H2,1-2H3,(H,16,18);1-3H,12H2;2*1H4. The van der Waals surface area contributed by atoms with Gasteiger partial charge in [0.1, 0.15) is 34.4 Å². The van der Waals surface area contributed by atoms with E-state index in [1.807, 2.05) is 13.0 Å². The van der Waals surface area contributed by atoms with E-state index in [0.29, 0.717) is 45.6 Å². The average molecular weight is 964 g/mol. The van der Waals surface area contributed by atoms with Gasteiger partial charge in [-0.1, -0.05) is 38.1 Å². The molecule has 4 amide bonds. The van der Waals surface area contributed by atoms with Gasteiger partial charge in [0, 0.05) is 61.4 Å². The highest BCUT2D eigenvalue weighted by atomic mass is 35.5. The molecular weight excluding hydrogens is 917 g/mol. The summed E-state index contributed by atoms with van der Waals surface area (Å²) in [4.78, 5) is 43.4. The summed E-state index contributed by atoms with van der Waals surface area (Å²) in [6.45, 7) is 3.65. The summed E-state index contributed by atoms with van der Waals surface area (Å²) in [5.41, 5.74) is 12.1. The van der Waals surface area contributed by atoms with Crippen LogP contribution in [0.15, 0.2) is 109 Å². The number of aromatic nitrogens is 2. The number of pyridine rings is 2. The first-order valence-corrected chi connectivity index (χ1v) is 19.1. The van der Waals surface area contributed by atoms with E-state index in [2.05, 4.69) is 31.2 Å². The second-order valence-electron chi connectivity index (χ2n) is 13.1. The van der Waals surface area contributed by atoms with Gasteiger partial charge in [0.2, 0.25) is 0 Å². The normalized spacial score (nSPS) is 10.5. The van der Waals surface area contributed by atoms with Crippen molar-refractivity contribution in [2.24, 2.45) is 0 Å². The number of urea groups is 1. The van der Waals surface area contributed by atoms with Gasteiger partial charge in [-0.3, -0.25) is 19.6 Å². The molecule has 21 heteroatoms. The van der Waals surface area contributed by atoms with E-state index >= 15 is 0 Å². The summed E-state index contributed by atoms with van der Waals surface area (Å²) in [6.07, 6.45) is -6.11. The van der Waals surface area contributed by atoms with Crippen LogP contribution in [0.4, 0.5) is 53.9 Å². The van der Waals surface area contributed by atoms with Crippen LogP contribution in [-0.4, -0.2) is 41.9 Å². The maximum absolute atomic E-state index is 13.0. The Bertz CT molecular complexity index is 2630. The van der Waals surface area contributed by atoms with Crippen molar-refractivity contribution in [2.75, 3.05) is 36.2 Å². The Labute approximate surface area is 386 Å². The molecule has 0 atom stereocenters. The summed E-state index contributed by atoms with van der Waals surface area (Å²) in [6, 6.07) is 22.1. The summed E-state index contributed by atoms with van der Waals surface area (Å²) in [7, 11) is 3.05. The lowest BCUT2D eigenvalue weighted by Gasteiger charge is -2.13. The zero-order chi connectivity index (χ0) is 47.4. The molecular formula is C45H46Cl2F6N8O5. The van der Waals surface area contributed by atoms with Crippen molar-refractivity contribution in [1.82, 2.24) is 20.6 Å². The minimum absolute atomic E-state index is 0. The molecule has 6 rings (SSSR count). The number of carbonyl (C=O) groups is 3. The fourth-order valence-electron chi connectivity index (χ4n) is 5.21. The average Bonchev–Trinajstić information content (AvgIpc) is 3.23. The third-order valence-electron chi connectivity index (χ3n) is 8.30. The van der Waals surface area contributed by atoms with Crippen LogP contribution in [-0.2, 0) is 12.4 Å². The molecule has 0 bridgehead atoms. The van der Waals surface area contributed by atoms with E-state index in [0.717, 1.165) is 29.8 Å². The number of nitrogens with zero attached hydrogens (tertiary/aromatic N) is 2. The SMILES string of the molecule is C.C.CNC(=O)c1cc(Oc2ccc(N)cc2C)ccn1.CNC(=O)c1cc(Oc2ccc(NC(=O)Nc3ccc(Cl)c(C(F)(F)F)c3)cc2C)ccn1.Nc1ccc(Cl)c(C(F)(F)F)c1. The minimum atomic E-state index is -4.64. The number of nitrogens with two attached hydrogens (primary N) is 2. The number of nitrogen functional groups attached to an aromatic ring is 2. The number of amides is 4. The number of halogens is 8. The van der Waals surface area contributed by atoms with E-state index in [-0.39, 0.29) is 48.8 Å². The first-order valence-electron chi connectivity index (χ1n) is 18.3. The molecule has 0 saturated carbocycles. The van der Waals surface area contributed by atoms with Crippen LogP contribution in [0, 0.1) is 13.8 Å². The number of hydrogen-bond donors (Lipinski definition) is 6. The minimum Gasteiger partial charge on any atom is -0.457 e. The smallest absolute Gasteiger partial charge is 0.417 e. The van der Waals surface area contributed by atoms with Crippen molar-refractivity contribution in [3.8, 4) is 23.0 Å². The van der Waals surface area contributed by atoms with Gasteiger partial charge in [0.15, 0.2) is 0 Å². The molecule has 0 spiro atoms. The summed E-state index contributed by atoms with van der Waals surface area (Å²) < 4.78 is 86.7. The third-order valence-corrected chi connectivity index (χ3v) is 8.95. The predicted molar refractivity (Wildman–Crippen MR) is 246 cm³/mol. The second kappa shape index (κ2) is 24.2. The van der Waals surface area contributed by atoms with Crippen LogP contribution in [0.5, 0.6) is 23.0 Å². The molecule has 8 N–H and O–H groups in total. The topological polar surface area (TPSA) is 196 Å². The predicted octanol–water partition coefficient (Wildman–Crippen LogP) is 12.2. The van der Waals surface area contributed by atoms with Gasteiger partial charge in [-0.25, -0.2) is 4.79 Å². The molecule has 0 saturated heterocycles. The molecule has 13 nitrogen and oxygen atoms in total. The zero-order valence-corrected chi connectivity index (χ0v) is 35.5. The van der Waals surface area contributed by atoms with Gasteiger partial charge in [-0.2, -0.15) is 26.3 Å². The number of carbonyl (C=O) groups excluding carboxylic acids is 3. The first kappa shape index (κ1) is 54.9. The van der Waals surface area contributed by atoms with Crippen molar-refractivity contribution >= 4 is 63.8 Å². The fraction of sp³-hybridized carbons (Fsp3) is 0.178. The number of aryl methyl sites for hydroxylation is 2. The van der Waals surface area contributed by atoms with Crippen molar-refractivity contribution in [2.45, 2.75) is 41.1 Å². The number of rotatable bonds is 8. The lowest BCUT2D eigenvalue weighted by molar-refractivity contribution is -0.138. The summed E-state index contributed by atoms with van der Waals surface area (Å²) >= 11 is 10.9. The van der Waals surface area contributed by atoms with Gasteiger partial charge in [0.25, 0.3) is 11.8 Å². The molecule has 0 fully saturated rings. The van der Waals surface area contributed by atoms with E-state index in [9.17, 15) is 40.7 Å². The number of benzene rings is 4. The molecule has 0 aliphatic heterocycles. The van der Waals surface area contributed by atoms with Crippen molar-refractivity contribution in [3.05, 3.63) is 153 Å². The maximum Gasteiger partial charge on any atom is 0.417 e. The van der Waals surface area contributed by atoms with Crippen LogP contribution in [0.25, 0.3) is 0 Å². The highest BCUT2D eigenvalue weighted by Crippen LogP contribution is 2.37. The monoisotopic (exact) mass is 962 g/mol. The van der Waals surface area contributed by atoms with Crippen LogP contribution < -0.4 is 42.2 Å². The number of hydrogen-bond acceptors (Lipinski definition) is 9. The summed E-state index contributed by atoms with van der Waals surface area (Å²) in [5, 5.41) is 9.08. The zero-order valence-electron chi connectivity index (χ0n) is 34.0. The van der Waals surface area contributed by atoms with E-state index in [1.54, 1.807) is 62.5 Å². The Morgan fingerprint density at radius 2 is 0.955 bits per heavy atom. The van der Waals surface area contributed by atoms with Crippen molar-refractivity contribution < 1.29 is 50.2 Å². The highest BCUT2D eigenvalue weighted by Gasteiger charge is 2.34. The Balaban J connectivity index is 0.000000382. The van der Waals surface area contributed by atoms with Crippen molar-refractivity contribution in [1.29, 1.82) is 0 Å². The molecule has 0 radical (unpaired) electrons. The Kier molecular flexibility index (Phi) is 20.1. The fourth-order valence-corrected chi connectivity index (χ4v) is 5.66. The molecule has 0 unspecified atom stereocenters. The quantitative estimate of drug-likeness (QED) is 0.0635. The molecule has 0 aliphatic carbocycles.